The Balaban J connectivity index is 0.000000134. The Morgan fingerprint density at radius 2 is 1.89 bits per heavy atom. The van der Waals surface area contributed by atoms with Gasteiger partial charge < -0.3 is 0 Å². The molecule has 0 aliphatic heterocycles. The molecule has 1 N–H and O–H groups in total. The van der Waals surface area contributed by atoms with Crippen molar-refractivity contribution in [1.29, 1.82) is 0 Å². The zero-order valence-corrected chi connectivity index (χ0v) is 10.00. The fourth-order valence-corrected chi connectivity index (χ4v) is 1.45. The third-order valence-electron chi connectivity index (χ3n) is 2.38. The summed E-state index contributed by atoms with van der Waals surface area (Å²) < 4.78 is 0. The lowest BCUT2D eigenvalue weighted by Gasteiger charge is -1.88. The number of nitrogens with zero attached hydrogens (tertiary/aromatic N) is 2. The van der Waals surface area contributed by atoms with Crippen molar-refractivity contribution >= 4 is 16.7 Å². The van der Waals surface area contributed by atoms with Crippen LogP contribution in [0.5, 0.6) is 0 Å². The third-order valence-corrected chi connectivity index (χ3v) is 2.38. The molecule has 3 aromatic rings. The molecule has 0 saturated heterocycles. The Labute approximate surface area is 105 Å². The predicted octanol–water partition coefficient (Wildman–Crippen LogP) is 2.85. The molecule has 0 amide bonds. The molecule has 90 valence electrons. The second kappa shape index (κ2) is 5.72. The van der Waals surface area contributed by atoms with Gasteiger partial charge in [0, 0.05) is 18.5 Å². The number of aromatic nitrogens is 3. The van der Waals surface area contributed by atoms with Crippen LogP contribution in [0.2, 0.25) is 0 Å². The summed E-state index contributed by atoms with van der Waals surface area (Å²) >= 11 is 0. The fraction of sp³-hybridized carbons (Fsp3) is 0.0714. The molecule has 4 nitrogen and oxygen atoms in total. The summed E-state index contributed by atoms with van der Waals surface area (Å²) in [6, 6.07) is 13.3. The molecule has 18 heavy (non-hydrogen) atoms. The number of H-pyrrole nitrogens is 1. The van der Waals surface area contributed by atoms with E-state index in [-0.39, 0.29) is 5.78 Å². The van der Waals surface area contributed by atoms with Crippen LogP contribution in [-0.2, 0) is 0 Å². The van der Waals surface area contributed by atoms with Crippen LogP contribution in [-0.4, -0.2) is 21.0 Å². The molecule has 2 heterocycles. The number of nitrogens with one attached hydrogen (secondary N) is 1. The average Bonchev–Trinajstić information content (AvgIpc) is 2.89. The molecule has 3 rings (SSSR count). The zero-order valence-electron chi connectivity index (χ0n) is 10.00. The molecular formula is C14H13N3O. The highest BCUT2D eigenvalue weighted by atomic mass is 16.1. The van der Waals surface area contributed by atoms with Crippen LogP contribution < -0.4 is 0 Å². The lowest BCUT2D eigenvalue weighted by atomic mass is 10.3. The lowest BCUT2D eigenvalue weighted by Crippen LogP contribution is -1.93. The number of hydrogen-bond donors (Lipinski definition) is 1. The van der Waals surface area contributed by atoms with E-state index < -0.39 is 0 Å². The Kier molecular flexibility index (Phi) is 3.81. The predicted molar refractivity (Wildman–Crippen MR) is 70.3 cm³/mol. The van der Waals surface area contributed by atoms with Gasteiger partial charge in [-0.1, -0.05) is 24.3 Å². The Morgan fingerprint density at radius 3 is 2.50 bits per heavy atom. The summed E-state index contributed by atoms with van der Waals surface area (Å²) in [6.07, 6.45) is 3.42. The van der Waals surface area contributed by atoms with E-state index in [0.717, 1.165) is 10.9 Å². The maximum absolute atomic E-state index is 10.6. The maximum atomic E-state index is 10.6. The van der Waals surface area contributed by atoms with E-state index in [2.05, 4.69) is 15.2 Å². The molecule has 0 spiro atoms. The summed E-state index contributed by atoms with van der Waals surface area (Å²) in [5.41, 5.74) is 1.62. The van der Waals surface area contributed by atoms with Crippen molar-refractivity contribution in [3.63, 3.8) is 0 Å². The normalized spacial score (nSPS) is 9.61. The molecule has 0 unspecified atom stereocenters. The minimum atomic E-state index is 0.00981. The van der Waals surface area contributed by atoms with Crippen LogP contribution in [0.4, 0.5) is 0 Å². The minimum Gasteiger partial charge on any atom is -0.293 e. The Bertz CT molecular complexity index is 601. The van der Waals surface area contributed by atoms with E-state index in [1.165, 1.54) is 6.92 Å². The first-order valence-corrected chi connectivity index (χ1v) is 5.57. The largest absolute Gasteiger partial charge is 0.293 e. The van der Waals surface area contributed by atoms with Crippen LogP contribution in [0, 0.1) is 0 Å². The van der Waals surface area contributed by atoms with Crippen molar-refractivity contribution in [2.75, 3.05) is 0 Å². The first kappa shape index (κ1) is 12.0. The van der Waals surface area contributed by atoms with Crippen LogP contribution in [0.1, 0.15) is 17.4 Å². The second-order valence-electron chi connectivity index (χ2n) is 3.73. The molecular weight excluding hydrogens is 226 g/mol. The zero-order chi connectivity index (χ0) is 12.8. The average molecular weight is 239 g/mol. The number of ketones is 1. The molecule has 0 saturated carbocycles. The minimum absolute atomic E-state index is 0.00981. The quantitative estimate of drug-likeness (QED) is 0.664. The maximum Gasteiger partial charge on any atom is 0.178 e. The van der Waals surface area contributed by atoms with Crippen LogP contribution in [0.15, 0.2) is 54.9 Å². The SMILES string of the molecule is CC(=O)c1ccccn1.c1ccc2[nH]ncc2c1. The van der Waals surface area contributed by atoms with Gasteiger partial charge in [-0.25, -0.2) is 0 Å². The summed E-state index contributed by atoms with van der Waals surface area (Å²) in [6.45, 7) is 1.50. The van der Waals surface area contributed by atoms with Crippen molar-refractivity contribution in [2.45, 2.75) is 6.92 Å². The molecule has 4 heteroatoms. The number of benzene rings is 1. The van der Waals surface area contributed by atoms with Gasteiger partial charge in [-0.05, 0) is 18.2 Å². The van der Waals surface area contributed by atoms with E-state index in [0.29, 0.717) is 5.69 Å². The van der Waals surface area contributed by atoms with Gasteiger partial charge in [0.1, 0.15) is 5.69 Å². The molecule has 1 aromatic carbocycles. The third kappa shape index (κ3) is 3.01. The summed E-state index contributed by atoms with van der Waals surface area (Å²) in [5.74, 6) is 0.00981. The van der Waals surface area contributed by atoms with E-state index >= 15 is 0 Å². The van der Waals surface area contributed by atoms with E-state index in [4.69, 9.17) is 0 Å². The van der Waals surface area contributed by atoms with Crippen molar-refractivity contribution in [1.82, 2.24) is 15.2 Å². The molecule has 0 bridgehead atoms. The standard InChI is InChI=1S/C7H6N2.C7H7NO/c1-2-4-7-6(3-1)5-8-9-7;1-6(9)7-4-2-3-5-8-7/h1-5H,(H,8,9);2-5H,1H3. The number of fused-ring (bicyclic) bond motifs is 1. The van der Waals surface area contributed by atoms with Crippen molar-refractivity contribution < 1.29 is 4.79 Å². The summed E-state index contributed by atoms with van der Waals surface area (Å²) in [4.78, 5) is 14.4. The van der Waals surface area contributed by atoms with Crippen LogP contribution in [0.25, 0.3) is 10.9 Å². The van der Waals surface area contributed by atoms with Crippen molar-refractivity contribution in [2.24, 2.45) is 0 Å². The second-order valence-corrected chi connectivity index (χ2v) is 3.73. The monoisotopic (exact) mass is 239 g/mol. The van der Waals surface area contributed by atoms with Gasteiger partial charge in [-0.15, -0.1) is 0 Å². The fourth-order valence-electron chi connectivity index (χ4n) is 1.45. The lowest BCUT2D eigenvalue weighted by molar-refractivity contribution is 0.101. The number of carbonyl (C=O) groups is 1. The van der Waals surface area contributed by atoms with Gasteiger partial charge in [0.25, 0.3) is 0 Å². The topological polar surface area (TPSA) is 58.6 Å². The highest BCUT2D eigenvalue weighted by Crippen LogP contribution is 2.06. The summed E-state index contributed by atoms with van der Waals surface area (Å²) in [7, 11) is 0. The molecule has 2 aromatic heterocycles. The number of carbonyl (C=O) groups excluding carboxylic acids is 1. The highest BCUT2D eigenvalue weighted by molar-refractivity contribution is 5.91. The molecule has 0 radical (unpaired) electrons. The molecule has 0 aliphatic rings. The number of aromatic amines is 1. The van der Waals surface area contributed by atoms with Gasteiger partial charge in [0.2, 0.25) is 0 Å². The number of Topliss-reactive ketones (excluding diaryl/α,β-unsaturated/α-hetero) is 1. The molecule has 0 fully saturated rings. The highest BCUT2D eigenvalue weighted by Gasteiger charge is 1.94. The first-order valence-electron chi connectivity index (χ1n) is 5.57. The number of para-hydroxylation sites is 1. The molecule has 0 atom stereocenters. The van der Waals surface area contributed by atoms with Crippen LogP contribution in [0.3, 0.4) is 0 Å². The van der Waals surface area contributed by atoms with Gasteiger partial charge in [-0.3, -0.25) is 14.9 Å². The molecule has 0 aliphatic carbocycles. The Hall–Kier alpha value is -2.49. The summed E-state index contributed by atoms with van der Waals surface area (Å²) in [5, 5.41) is 7.91. The number of hydrogen-bond acceptors (Lipinski definition) is 3. The Morgan fingerprint density at radius 1 is 1.11 bits per heavy atom. The smallest absolute Gasteiger partial charge is 0.178 e. The van der Waals surface area contributed by atoms with Gasteiger partial charge in [-0.2, -0.15) is 5.10 Å². The van der Waals surface area contributed by atoms with Gasteiger partial charge in [0.05, 0.1) is 11.7 Å². The van der Waals surface area contributed by atoms with Crippen molar-refractivity contribution in [3.8, 4) is 0 Å². The number of rotatable bonds is 1. The van der Waals surface area contributed by atoms with E-state index in [1.807, 2.05) is 30.5 Å². The van der Waals surface area contributed by atoms with Gasteiger partial charge in [0.15, 0.2) is 5.78 Å². The number of pyridine rings is 1. The van der Waals surface area contributed by atoms with E-state index in [9.17, 15) is 4.79 Å². The first-order chi connectivity index (χ1) is 8.77. The van der Waals surface area contributed by atoms with Crippen molar-refractivity contribution in [3.05, 3.63) is 60.6 Å². The van der Waals surface area contributed by atoms with Gasteiger partial charge >= 0.3 is 0 Å². The van der Waals surface area contributed by atoms with Crippen LogP contribution >= 0.6 is 0 Å². The van der Waals surface area contributed by atoms with E-state index in [1.54, 1.807) is 24.4 Å².